The highest BCUT2D eigenvalue weighted by molar-refractivity contribution is 5.76. The van der Waals surface area contributed by atoms with Crippen LogP contribution in [-0.2, 0) is 11.8 Å². The van der Waals surface area contributed by atoms with Crippen molar-refractivity contribution in [1.82, 2.24) is 4.57 Å². The maximum atomic E-state index is 11.4. The molecular weight excluding hydrogens is 202 g/mol. The van der Waals surface area contributed by atoms with E-state index in [9.17, 15) is 9.90 Å². The summed E-state index contributed by atoms with van der Waals surface area (Å²) in [5.74, 6) is -0.645. The highest BCUT2D eigenvalue weighted by atomic mass is 16.4. The summed E-state index contributed by atoms with van der Waals surface area (Å²) in [6, 6.07) is 1.94. The second kappa shape index (κ2) is 4.73. The normalized spacial score (nSPS) is 19.6. The summed E-state index contributed by atoms with van der Waals surface area (Å²) in [5, 5.41) is 9.38. The molecule has 1 saturated carbocycles. The Morgan fingerprint density at radius 3 is 2.62 bits per heavy atom. The van der Waals surface area contributed by atoms with Crippen LogP contribution >= 0.6 is 0 Å². The second-order valence-electron chi connectivity index (χ2n) is 4.82. The lowest BCUT2D eigenvalue weighted by Gasteiger charge is -2.27. The maximum Gasteiger partial charge on any atom is 0.311 e. The van der Waals surface area contributed by atoms with Crippen LogP contribution in [0.15, 0.2) is 18.5 Å². The van der Waals surface area contributed by atoms with Gasteiger partial charge in [-0.3, -0.25) is 4.79 Å². The number of hydrogen-bond acceptors (Lipinski definition) is 1. The molecule has 0 radical (unpaired) electrons. The minimum Gasteiger partial charge on any atom is -0.481 e. The first-order valence-corrected chi connectivity index (χ1v) is 6.03. The van der Waals surface area contributed by atoms with Crippen molar-refractivity contribution in [2.45, 2.75) is 38.0 Å². The molecule has 1 aliphatic rings. The van der Waals surface area contributed by atoms with E-state index in [1.54, 1.807) is 0 Å². The van der Waals surface area contributed by atoms with Crippen molar-refractivity contribution >= 4 is 5.97 Å². The molecule has 0 spiro atoms. The van der Waals surface area contributed by atoms with E-state index in [2.05, 4.69) is 0 Å². The molecule has 2 rings (SSSR count). The van der Waals surface area contributed by atoms with Gasteiger partial charge < -0.3 is 9.67 Å². The van der Waals surface area contributed by atoms with E-state index in [1.165, 1.54) is 19.3 Å². The summed E-state index contributed by atoms with van der Waals surface area (Å²) in [4.78, 5) is 11.4. The number of carboxylic acid groups (broad SMARTS) is 1. The van der Waals surface area contributed by atoms with Gasteiger partial charge in [-0.05, 0) is 30.4 Å². The number of aryl methyl sites for hydroxylation is 1. The summed E-state index contributed by atoms with van der Waals surface area (Å²) in [5.41, 5.74) is 0.960. The van der Waals surface area contributed by atoms with Crippen molar-refractivity contribution in [3.63, 3.8) is 0 Å². The molecule has 0 saturated heterocycles. The molecule has 0 aromatic carbocycles. The number of carbonyl (C=O) groups is 1. The van der Waals surface area contributed by atoms with Gasteiger partial charge in [-0.25, -0.2) is 0 Å². The quantitative estimate of drug-likeness (QED) is 0.852. The third-order valence-electron chi connectivity index (χ3n) is 3.60. The predicted octanol–water partition coefficient (Wildman–Crippen LogP) is 2.77. The monoisotopic (exact) mass is 221 g/mol. The molecule has 1 fully saturated rings. The standard InChI is InChI=1S/C13H19NO2/c1-14-8-7-11(9-14)12(13(15)16)10-5-3-2-4-6-10/h7-10,12H,2-6H2,1H3,(H,15,16). The van der Waals surface area contributed by atoms with Gasteiger partial charge in [0, 0.05) is 19.4 Å². The predicted molar refractivity (Wildman–Crippen MR) is 62.4 cm³/mol. The summed E-state index contributed by atoms with van der Waals surface area (Å²) >= 11 is 0. The average Bonchev–Trinajstić information content (AvgIpc) is 2.66. The highest BCUT2D eigenvalue weighted by Gasteiger charge is 2.31. The molecule has 0 aliphatic heterocycles. The van der Waals surface area contributed by atoms with Crippen LogP contribution in [0.4, 0.5) is 0 Å². The molecule has 1 aromatic rings. The Bertz CT molecular complexity index is 364. The fourth-order valence-corrected chi connectivity index (χ4v) is 2.79. The van der Waals surface area contributed by atoms with Gasteiger partial charge >= 0.3 is 5.97 Å². The Kier molecular flexibility index (Phi) is 3.32. The maximum absolute atomic E-state index is 11.4. The Hall–Kier alpha value is -1.25. The zero-order valence-corrected chi connectivity index (χ0v) is 9.72. The lowest BCUT2D eigenvalue weighted by atomic mass is 9.77. The number of aromatic nitrogens is 1. The van der Waals surface area contributed by atoms with Crippen LogP contribution in [-0.4, -0.2) is 15.6 Å². The van der Waals surface area contributed by atoms with Gasteiger partial charge in [0.2, 0.25) is 0 Å². The first-order valence-electron chi connectivity index (χ1n) is 6.03. The third kappa shape index (κ3) is 2.29. The largest absolute Gasteiger partial charge is 0.481 e. The lowest BCUT2D eigenvalue weighted by Crippen LogP contribution is -2.23. The summed E-state index contributed by atoms with van der Waals surface area (Å²) in [6.07, 6.45) is 9.61. The van der Waals surface area contributed by atoms with Crippen molar-refractivity contribution in [2.24, 2.45) is 13.0 Å². The SMILES string of the molecule is Cn1ccc(C(C(=O)O)C2CCCCC2)c1. The van der Waals surface area contributed by atoms with Crippen molar-refractivity contribution in [1.29, 1.82) is 0 Å². The number of aliphatic carboxylic acids is 1. The Morgan fingerprint density at radius 1 is 1.44 bits per heavy atom. The van der Waals surface area contributed by atoms with E-state index in [1.807, 2.05) is 30.1 Å². The van der Waals surface area contributed by atoms with Crippen molar-refractivity contribution in [3.05, 3.63) is 24.0 Å². The average molecular weight is 221 g/mol. The van der Waals surface area contributed by atoms with Gasteiger partial charge in [0.1, 0.15) is 0 Å². The summed E-state index contributed by atoms with van der Waals surface area (Å²) in [7, 11) is 1.93. The van der Waals surface area contributed by atoms with Crippen molar-refractivity contribution in [3.8, 4) is 0 Å². The first kappa shape index (κ1) is 11.2. The number of carboxylic acids is 1. The van der Waals surface area contributed by atoms with Crippen LogP contribution in [0.2, 0.25) is 0 Å². The molecule has 1 aliphatic carbocycles. The van der Waals surface area contributed by atoms with Gasteiger partial charge in [0.25, 0.3) is 0 Å². The van der Waals surface area contributed by atoms with Crippen LogP contribution < -0.4 is 0 Å². The molecule has 3 nitrogen and oxygen atoms in total. The highest BCUT2D eigenvalue weighted by Crippen LogP contribution is 2.36. The first-order chi connectivity index (χ1) is 7.68. The van der Waals surface area contributed by atoms with Gasteiger partial charge in [-0.1, -0.05) is 19.3 Å². The molecule has 0 bridgehead atoms. The molecule has 3 heteroatoms. The molecule has 88 valence electrons. The zero-order chi connectivity index (χ0) is 11.5. The van der Waals surface area contributed by atoms with Crippen LogP contribution in [0.3, 0.4) is 0 Å². The lowest BCUT2D eigenvalue weighted by molar-refractivity contribution is -0.140. The molecule has 1 N–H and O–H groups in total. The summed E-state index contributed by atoms with van der Waals surface area (Å²) in [6.45, 7) is 0. The van der Waals surface area contributed by atoms with E-state index in [4.69, 9.17) is 0 Å². The van der Waals surface area contributed by atoms with E-state index in [0.717, 1.165) is 18.4 Å². The molecular formula is C13H19NO2. The molecule has 1 atom stereocenters. The molecule has 16 heavy (non-hydrogen) atoms. The van der Waals surface area contributed by atoms with Crippen molar-refractivity contribution in [2.75, 3.05) is 0 Å². The van der Waals surface area contributed by atoms with Crippen LogP contribution in [0.1, 0.15) is 43.6 Å². The van der Waals surface area contributed by atoms with Gasteiger partial charge in [0.15, 0.2) is 0 Å². The summed E-state index contributed by atoms with van der Waals surface area (Å²) < 4.78 is 1.92. The third-order valence-corrected chi connectivity index (χ3v) is 3.60. The molecule has 1 aromatic heterocycles. The fraction of sp³-hybridized carbons (Fsp3) is 0.615. The van der Waals surface area contributed by atoms with Crippen LogP contribution in [0.5, 0.6) is 0 Å². The second-order valence-corrected chi connectivity index (χ2v) is 4.82. The van der Waals surface area contributed by atoms with E-state index < -0.39 is 5.97 Å². The number of rotatable bonds is 3. The minimum atomic E-state index is -0.668. The topological polar surface area (TPSA) is 42.2 Å². The van der Waals surface area contributed by atoms with E-state index in [0.29, 0.717) is 5.92 Å². The molecule has 0 amide bonds. The Balaban J connectivity index is 2.19. The van der Waals surface area contributed by atoms with Gasteiger partial charge in [0.05, 0.1) is 5.92 Å². The van der Waals surface area contributed by atoms with E-state index >= 15 is 0 Å². The Labute approximate surface area is 96.1 Å². The number of hydrogen-bond donors (Lipinski definition) is 1. The smallest absolute Gasteiger partial charge is 0.311 e. The van der Waals surface area contributed by atoms with Crippen LogP contribution in [0.25, 0.3) is 0 Å². The van der Waals surface area contributed by atoms with Gasteiger partial charge in [-0.15, -0.1) is 0 Å². The zero-order valence-electron chi connectivity index (χ0n) is 9.72. The number of nitrogens with zero attached hydrogens (tertiary/aromatic N) is 1. The minimum absolute atomic E-state index is 0.304. The van der Waals surface area contributed by atoms with Crippen LogP contribution in [0, 0.1) is 5.92 Å². The van der Waals surface area contributed by atoms with Crippen molar-refractivity contribution < 1.29 is 9.90 Å². The van der Waals surface area contributed by atoms with Gasteiger partial charge in [-0.2, -0.15) is 0 Å². The molecule has 1 heterocycles. The van der Waals surface area contributed by atoms with E-state index in [-0.39, 0.29) is 5.92 Å². The molecule has 1 unspecified atom stereocenters. The Morgan fingerprint density at radius 2 is 2.12 bits per heavy atom. The fourth-order valence-electron chi connectivity index (χ4n) is 2.79.